The van der Waals surface area contributed by atoms with E-state index in [1.54, 1.807) is 13.3 Å². The molecule has 0 spiro atoms. The van der Waals surface area contributed by atoms with E-state index in [0.29, 0.717) is 6.79 Å². The van der Waals surface area contributed by atoms with Gasteiger partial charge in [0.15, 0.2) is 17.5 Å². The lowest BCUT2D eigenvalue weighted by Crippen LogP contribution is -2.44. The number of furan rings is 1. The van der Waals surface area contributed by atoms with Gasteiger partial charge < -0.3 is 24.5 Å². The number of aliphatic imine (C=N–C) groups is 1. The second kappa shape index (κ2) is 9.69. The number of nitrogens with zero attached hydrogens (tertiary/aromatic N) is 2. The molecule has 156 valence electrons. The van der Waals surface area contributed by atoms with Crippen molar-refractivity contribution in [3.8, 4) is 11.5 Å². The molecule has 7 nitrogen and oxygen atoms in total. The van der Waals surface area contributed by atoms with E-state index in [2.05, 4.69) is 32.7 Å². The van der Waals surface area contributed by atoms with Crippen LogP contribution in [0.5, 0.6) is 11.5 Å². The topological polar surface area (TPSA) is 71.3 Å². The highest BCUT2D eigenvalue weighted by Gasteiger charge is 2.24. The molecule has 1 aromatic heterocycles. The number of hydrogen-bond donors (Lipinski definition) is 2. The van der Waals surface area contributed by atoms with E-state index in [9.17, 15) is 0 Å². The molecule has 0 radical (unpaired) electrons. The van der Waals surface area contributed by atoms with E-state index in [1.165, 1.54) is 24.8 Å². The Morgan fingerprint density at radius 2 is 1.97 bits per heavy atom. The molecule has 3 heterocycles. The molecule has 1 aromatic carbocycles. The van der Waals surface area contributed by atoms with Gasteiger partial charge in [0.1, 0.15) is 5.76 Å². The van der Waals surface area contributed by atoms with Crippen molar-refractivity contribution in [2.75, 3.05) is 40.0 Å². The molecule has 29 heavy (non-hydrogen) atoms. The van der Waals surface area contributed by atoms with Crippen LogP contribution in [0.1, 0.15) is 36.6 Å². The summed E-state index contributed by atoms with van der Waals surface area (Å²) >= 11 is 0. The first-order valence-electron chi connectivity index (χ1n) is 10.4. The Morgan fingerprint density at radius 3 is 2.76 bits per heavy atom. The molecule has 1 atom stereocenters. The first kappa shape index (κ1) is 19.6. The molecular weight excluding hydrogens is 368 g/mol. The normalized spacial score (nSPS) is 17.9. The Balaban J connectivity index is 1.28. The minimum Gasteiger partial charge on any atom is -0.468 e. The van der Waals surface area contributed by atoms with Crippen molar-refractivity contribution in [2.24, 2.45) is 4.99 Å². The van der Waals surface area contributed by atoms with E-state index in [1.807, 2.05) is 18.2 Å². The molecule has 1 saturated heterocycles. The van der Waals surface area contributed by atoms with Crippen LogP contribution in [0.15, 0.2) is 46.0 Å². The lowest BCUT2D eigenvalue weighted by molar-refractivity contribution is 0.146. The number of nitrogens with one attached hydrogen (secondary N) is 2. The lowest BCUT2D eigenvalue weighted by Gasteiger charge is -2.33. The highest BCUT2D eigenvalue weighted by molar-refractivity contribution is 5.79. The van der Waals surface area contributed by atoms with Gasteiger partial charge in [-0.3, -0.25) is 9.89 Å². The van der Waals surface area contributed by atoms with Gasteiger partial charge in [0, 0.05) is 20.1 Å². The average molecular weight is 399 g/mol. The van der Waals surface area contributed by atoms with Crippen molar-refractivity contribution >= 4 is 5.96 Å². The number of hydrogen-bond acceptors (Lipinski definition) is 5. The fourth-order valence-corrected chi connectivity index (χ4v) is 3.96. The van der Waals surface area contributed by atoms with Gasteiger partial charge in [-0.15, -0.1) is 0 Å². The molecule has 2 aromatic rings. The van der Waals surface area contributed by atoms with Crippen LogP contribution < -0.4 is 20.1 Å². The second-order valence-corrected chi connectivity index (χ2v) is 7.45. The molecule has 4 rings (SSSR count). The van der Waals surface area contributed by atoms with Crippen LogP contribution >= 0.6 is 0 Å². The fourth-order valence-electron chi connectivity index (χ4n) is 3.96. The predicted octanol–water partition coefficient (Wildman–Crippen LogP) is 2.94. The van der Waals surface area contributed by atoms with Crippen LogP contribution in [0.3, 0.4) is 0 Å². The van der Waals surface area contributed by atoms with Crippen molar-refractivity contribution in [2.45, 2.75) is 31.7 Å². The summed E-state index contributed by atoms with van der Waals surface area (Å²) in [5.41, 5.74) is 1.21. The molecule has 2 N–H and O–H groups in total. The third kappa shape index (κ3) is 5.03. The maximum Gasteiger partial charge on any atom is 0.231 e. The van der Waals surface area contributed by atoms with E-state index < -0.39 is 0 Å². The van der Waals surface area contributed by atoms with Gasteiger partial charge in [0.25, 0.3) is 0 Å². The van der Waals surface area contributed by atoms with Crippen LogP contribution in [-0.4, -0.2) is 50.9 Å². The second-order valence-electron chi connectivity index (χ2n) is 7.45. The number of guanidine groups is 1. The number of benzene rings is 1. The number of likely N-dealkylation sites (tertiary alicyclic amines) is 1. The standard InChI is InChI=1S/C22H30N4O3/c1-23-22(24-10-9-17-7-8-20-21(14-17)29-16-28-20)25-15-18(19-6-5-13-27-19)26-11-3-2-4-12-26/h5-8,13-14,18H,2-4,9-12,15-16H2,1H3,(H2,23,24,25). The molecule has 1 fully saturated rings. The number of piperidine rings is 1. The zero-order valence-corrected chi connectivity index (χ0v) is 17.0. The molecule has 2 aliphatic rings. The van der Waals surface area contributed by atoms with Crippen molar-refractivity contribution in [1.82, 2.24) is 15.5 Å². The highest BCUT2D eigenvalue weighted by atomic mass is 16.7. The van der Waals surface area contributed by atoms with Crippen LogP contribution in [0.4, 0.5) is 0 Å². The maximum atomic E-state index is 5.73. The first-order valence-corrected chi connectivity index (χ1v) is 10.4. The summed E-state index contributed by atoms with van der Waals surface area (Å²) in [6.07, 6.45) is 6.45. The van der Waals surface area contributed by atoms with Crippen molar-refractivity contribution in [3.63, 3.8) is 0 Å². The molecule has 0 amide bonds. The van der Waals surface area contributed by atoms with Crippen molar-refractivity contribution in [1.29, 1.82) is 0 Å². The van der Waals surface area contributed by atoms with E-state index >= 15 is 0 Å². The van der Waals surface area contributed by atoms with Gasteiger partial charge >= 0.3 is 0 Å². The Labute approximate surface area is 172 Å². The highest BCUT2D eigenvalue weighted by Crippen LogP contribution is 2.32. The van der Waals surface area contributed by atoms with E-state index in [0.717, 1.165) is 55.8 Å². The fraction of sp³-hybridized carbons (Fsp3) is 0.500. The minimum absolute atomic E-state index is 0.220. The number of ether oxygens (including phenoxy) is 2. The summed E-state index contributed by atoms with van der Waals surface area (Å²) in [6, 6.07) is 10.3. The predicted molar refractivity (Wildman–Crippen MR) is 113 cm³/mol. The summed E-state index contributed by atoms with van der Waals surface area (Å²) in [7, 11) is 1.80. The lowest BCUT2D eigenvalue weighted by atomic mass is 10.1. The molecular formula is C22H30N4O3. The largest absolute Gasteiger partial charge is 0.468 e. The summed E-state index contributed by atoms with van der Waals surface area (Å²) in [5, 5.41) is 6.88. The zero-order valence-electron chi connectivity index (χ0n) is 17.0. The smallest absolute Gasteiger partial charge is 0.231 e. The summed E-state index contributed by atoms with van der Waals surface area (Å²) in [5.74, 6) is 3.46. The number of rotatable bonds is 7. The first-order chi connectivity index (χ1) is 14.3. The van der Waals surface area contributed by atoms with Crippen molar-refractivity contribution < 1.29 is 13.9 Å². The van der Waals surface area contributed by atoms with Crippen LogP contribution in [0.2, 0.25) is 0 Å². The molecule has 0 bridgehead atoms. The Hall–Kier alpha value is -2.67. The molecule has 1 unspecified atom stereocenters. The van der Waals surface area contributed by atoms with E-state index in [4.69, 9.17) is 13.9 Å². The summed E-state index contributed by atoms with van der Waals surface area (Å²) in [6.45, 7) is 4.08. The minimum atomic E-state index is 0.220. The SMILES string of the molecule is CN=C(NCCc1ccc2c(c1)OCO2)NCC(c1ccco1)N1CCCCC1. The van der Waals surface area contributed by atoms with Gasteiger partial charge in [0.05, 0.1) is 12.3 Å². The quantitative estimate of drug-likeness (QED) is 0.552. The Kier molecular flexibility index (Phi) is 6.56. The van der Waals surface area contributed by atoms with Gasteiger partial charge in [-0.1, -0.05) is 12.5 Å². The van der Waals surface area contributed by atoms with Crippen LogP contribution in [-0.2, 0) is 6.42 Å². The van der Waals surface area contributed by atoms with Crippen LogP contribution in [0.25, 0.3) is 0 Å². The monoisotopic (exact) mass is 398 g/mol. The zero-order chi connectivity index (χ0) is 19.9. The van der Waals surface area contributed by atoms with E-state index in [-0.39, 0.29) is 6.04 Å². The van der Waals surface area contributed by atoms with Crippen molar-refractivity contribution in [3.05, 3.63) is 47.9 Å². The van der Waals surface area contributed by atoms with Gasteiger partial charge in [-0.25, -0.2) is 0 Å². The third-order valence-corrected chi connectivity index (χ3v) is 5.53. The third-order valence-electron chi connectivity index (χ3n) is 5.53. The summed E-state index contributed by atoms with van der Waals surface area (Å²) in [4.78, 5) is 6.89. The van der Waals surface area contributed by atoms with Gasteiger partial charge in [-0.05, 0) is 62.2 Å². The van der Waals surface area contributed by atoms with Crippen LogP contribution in [0, 0.1) is 0 Å². The Bertz CT molecular complexity index is 800. The maximum absolute atomic E-state index is 5.73. The molecule has 7 heteroatoms. The molecule has 0 saturated carbocycles. The van der Waals surface area contributed by atoms with Gasteiger partial charge in [-0.2, -0.15) is 0 Å². The Morgan fingerprint density at radius 1 is 1.10 bits per heavy atom. The number of fused-ring (bicyclic) bond motifs is 1. The summed E-state index contributed by atoms with van der Waals surface area (Å²) < 4.78 is 16.5. The molecule has 0 aliphatic carbocycles. The van der Waals surface area contributed by atoms with Gasteiger partial charge in [0.2, 0.25) is 6.79 Å². The average Bonchev–Trinajstić information content (AvgIpc) is 3.45. The molecule has 2 aliphatic heterocycles.